The number of hydrogen-bond donors (Lipinski definition) is 0. The summed E-state index contributed by atoms with van der Waals surface area (Å²) in [5.41, 5.74) is 0.214. The molecule has 1 saturated carbocycles. The molecule has 4 rings (SSSR count). The molecule has 19 heavy (non-hydrogen) atoms. The maximum absolute atomic E-state index is 12.1. The van der Waals surface area contributed by atoms with E-state index < -0.39 is 0 Å². The molecular weight excluding hydrogens is 242 g/mol. The van der Waals surface area contributed by atoms with E-state index in [1.54, 1.807) is 0 Å². The molecule has 3 heterocycles. The van der Waals surface area contributed by atoms with Crippen molar-refractivity contribution in [2.45, 2.75) is 24.4 Å². The van der Waals surface area contributed by atoms with Gasteiger partial charge in [-0.15, -0.1) is 0 Å². The van der Waals surface area contributed by atoms with Gasteiger partial charge in [-0.25, -0.2) is 0 Å². The van der Waals surface area contributed by atoms with Crippen LogP contribution in [-0.2, 0) is 9.53 Å². The molecule has 0 aromatic carbocycles. The molecule has 3 saturated heterocycles. The van der Waals surface area contributed by atoms with Crippen molar-refractivity contribution in [1.82, 2.24) is 14.7 Å². The van der Waals surface area contributed by atoms with Crippen LogP contribution in [0.4, 0.5) is 0 Å². The Bertz CT molecular complexity index is 390. The zero-order valence-electron chi connectivity index (χ0n) is 11.7. The number of fused-ring (bicyclic) bond motifs is 2. The highest BCUT2D eigenvalue weighted by Gasteiger charge is 2.55. The monoisotopic (exact) mass is 265 g/mol. The second kappa shape index (κ2) is 4.17. The first-order chi connectivity index (χ1) is 9.18. The summed E-state index contributed by atoms with van der Waals surface area (Å²) in [6.07, 6.45) is 2.23. The molecule has 0 bridgehead atoms. The Kier molecular flexibility index (Phi) is 2.66. The van der Waals surface area contributed by atoms with E-state index in [0.29, 0.717) is 17.9 Å². The first-order valence-corrected chi connectivity index (χ1v) is 7.50. The van der Waals surface area contributed by atoms with E-state index in [1.807, 2.05) is 0 Å². The molecule has 5 heteroatoms. The van der Waals surface area contributed by atoms with Gasteiger partial charge in [-0.3, -0.25) is 9.69 Å². The van der Waals surface area contributed by atoms with Crippen LogP contribution < -0.4 is 0 Å². The zero-order chi connectivity index (χ0) is 13.0. The zero-order valence-corrected chi connectivity index (χ0v) is 11.7. The Morgan fingerprint density at radius 3 is 2.79 bits per heavy atom. The Hall–Kier alpha value is -0.650. The number of carbonyl (C=O) groups is 1. The fourth-order valence-electron chi connectivity index (χ4n) is 4.14. The molecule has 0 aromatic heterocycles. The Morgan fingerprint density at radius 1 is 1.26 bits per heavy atom. The number of nitrogens with zero attached hydrogens (tertiary/aromatic N) is 3. The van der Waals surface area contributed by atoms with Crippen LogP contribution >= 0.6 is 0 Å². The highest BCUT2D eigenvalue weighted by Crippen LogP contribution is 2.39. The molecule has 4 aliphatic rings. The smallest absolute Gasteiger partial charge is 0.225 e. The fourth-order valence-corrected chi connectivity index (χ4v) is 4.14. The van der Waals surface area contributed by atoms with Gasteiger partial charge in [-0.05, 0) is 19.9 Å². The summed E-state index contributed by atoms with van der Waals surface area (Å²) in [4.78, 5) is 19.3. The lowest BCUT2D eigenvalue weighted by Gasteiger charge is -2.63. The van der Waals surface area contributed by atoms with Crippen LogP contribution in [0.2, 0.25) is 0 Å². The third-order valence-electron chi connectivity index (χ3n) is 5.13. The van der Waals surface area contributed by atoms with Crippen molar-refractivity contribution >= 4 is 5.91 Å². The van der Waals surface area contributed by atoms with Gasteiger partial charge in [0, 0.05) is 44.7 Å². The van der Waals surface area contributed by atoms with Gasteiger partial charge in [-0.1, -0.05) is 0 Å². The molecule has 5 nitrogen and oxygen atoms in total. The highest BCUT2D eigenvalue weighted by molar-refractivity contribution is 5.82. The van der Waals surface area contributed by atoms with E-state index in [2.05, 4.69) is 21.7 Å². The normalized spacial score (nSPS) is 35.0. The van der Waals surface area contributed by atoms with Crippen molar-refractivity contribution in [2.24, 2.45) is 5.92 Å². The van der Waals surface area contributed by atoms with Crippen LogP contribution in [0.15, 0.2) is 0 Å². The highest BCUT2D eigenvalue weighted by atomic mass is 16.5. The van der Waals surface area contributed by atoms with Crippen molar-refractivity contribution in [1.29, 1.82) is 0 Å². The Labute approximate surface area is 114 Å². The van der Waals surface area contributed by atoms with Gasteiger partial charge in [0.1, 0.15) is 0 Å². The molecule has 1 aliphatic carbocycles. The quantitative estimate of drug-likeness (QED) is 0.648. The van der Waals surface area contributed by atoms with E-state index in [0.717, 1.165) is 58.8 Å². The van der Waals surface area contributed by atoms with E-state index in [4.69, 9.17) is 4.74 Å². The number of hydrogen-bond acceptors (Lipinski definition) is 4. The second-order valence-electron chi connectivity index (χ2n) is 6.81. The van der Waals surface area contributed by atoms with Crippen molar-refractivity contribution in [3.63, 3.8) is 0 Å². The Morgan fingerprint density at radius 2 is 2.05 bits per heavy atom. The van der Waals surface area contributed by atoms with Gasteiger partial charge < -0.3 is 14.5 Å². The SMILES string of the molecule is CN1C[C@@H]2COCCN2C2(C1)CN(C(=O)C1CC1)C2. The maximum atomic E-state index is 12.1. The van der Waals surface area contributed by atoms with E-state index >= 15 is 0 Å². The molecular formula is C14H23N3O2. The van der Waals surface area contributed by atoms with Crippen LogP contribution in [0.5, 0.6) is 0 Å². The molecule has 0 radical (unpaired) electrons. The van der Waals surface area contributed by atoms with Crippen molar-refractivity contribution in [3.8, 4) is 0 Å². The minimum Gasteiger partial charge on any atom is -0.378 e. The molecule has 1 atom stereocenters. The predicted octanol–water partition coefficient (Wildman–Crippen LogP) is -0.376. The summed E-state index contributed by atoms with van der Waals surface area (Å²) in [7, 11) is 2.19. The van der Waals surface area contributed by atoms with Crippen molar-refractivity contribution < 1.29 is 9.53 Å². The molecule has 0 unspecified atom stereocenters. The number of likely N-dealkylation sites (tertiary alicyclic amines) is 1. The molecule has 1 amide bonds. The third-order valence-corrected chi connectivity index (χ3v) is 5.13. The van der Waals surface area contributed by atoms with Crippen molar-refractivity contribution in [3.05, 3.63) is 0 Å². The standard InChI is InChI=1S/C14H23N3O2/c1-15-6-12-7-19-5-4-17(12)14(8-15)9-16(10-14)13(18)11-2-3-11/h11-12H,2-10H2,1H3/t12-/m1/s1. The number of piperazine rings is 1. The lowest BCUT2D eigenvalue weighted by Crippen LogP contribution is -2.80. The van der Waals surface area contributed by atoms with Crippen LogP contribution in [0.25, 0.3) is 0 Å². The summed E-state index contributed by atoms with van der Waals surface area (Å²) in [5, 5.41) is 0. The third kappa shape index (κ3) is 1.90. The molecule has 1 spiro atoms. The number of rotatable bonds is 1. The summed E-state index contributed by atoms with van der Waals surface area (Å²) >= 11 is 0. The average Bonchev–Trinajstić information content (AvgIpc) is 3.18. The Balaban J connectivity index is 1.48. The summed E-state index contributed by atoms with van der Waals surface area (Å²) in [5.74, 6) is 0.766. The van der Waals surface area contributed by atoms with E-state index in [-0.39, 0.29) is 5.54 Å². The number of morpholine rings is 1. The lowest BCUT2D eigenvalue weighted by atomic mass is 9.82. The first kappa shape index (κ1) is 12.1. The molecule has 4 fully saturated rings. The number of ether oxygens (including phenoxy) is 1. The molecule has 0 N–H and O–H groups in total. The fraction of sp³-hybridized carbons (Fsp3) is 0.929. The van der Waals surface area contributed by atoms with E-state index in [9.17, 15) is 4.79 Å². The second-order valence-corrected chi connectivity index (χ2v) is 6.81. The minimum absolute atomic E-state index is 0.214. The lowest BCUT2D eigenvalue weighted by molar-refractivity contribution is -0.175. The van der Waals surface area contributed by atoms with Gasteiger partial charge in [0.05, 0.1) is 18.8 Å². The van der Waals surface area contributed by atoms with Gasteiger partial charge in [0.25, 0.3) is 0 Å². The van der Waals surface area contributed by atoms with Crippen LogP contribution in [-0.4, -0.2) is 85.2 Å². The van der Waals surface area contributed by atoms with Gasteiger partial charge in [0.15, 0.2) is 0 Å². The maximum Gasteiger partial charge on any atom is 0.225 e. The first-order valence-electron chi connectivity index (χ1n) is 7.50. The molecule has 106 valence electrons. The van der Waals surface area contributed by atoms with Gasteiger partial charge in [-0.2, -0.15) is 0 Å². The van der Waals surface area contributed by atoms with Crippen LogP contribution in [0.3, 0.4) is 0 Å². The molecule has 3 aliphatic heterocycles. The van der Waals surface area contributed by atoms with Crippen molar-refractivity contribution in [2.75, 3.05) is 53.0 Å². The predicted molar refractivity (Wildman–Crippen MR) is 70.8 cm³/mol. The number of likely N-dealkylation sites (N-methyl/N-ethyl adjacent to an activating group) is 1. The topological polar surface area (TPSA) is 36.0 Å². The number of amides is 1. The largest absolute Gasteiger partial charge is 0.378 e. The minimum atomic E-state index is 0.214. The van der Waals surface area contributed by atoms with E-state index in [1.165, 1.54) is 0 Å². The summed E-state index contributed by atoms with van der Waals surface area (Å²) in [6, 6.07) is 0.519. The van der Waals surface area contributed by atoms with Gasteiger partial charge >= 0.3 is 0 Å². The van der Waals surface area contributed by atoms with Gasteiger partial charge in [0.2, 0.25) is 5.91 Å². The molecule has 0 aromatic rings. The summed E-state index contributed by atoms with van der Waals surface area (Å²) < 4.78 is 5.62. The summed E-state index contributed by atoms with van der Waals surface area (Å²) in [6.45, 7) is 6.79. The van der Waals surface area contributed by atoms with Crippen LogP contribution in [0.1, 0.15) is 12.8 Å². The number of carbonyl (C=O) groups excluding carboxylic acids is 1. The van der Waals surface area contributed by atoms with Crippen LogP contribution in [0, 0.1) is 5.92 Å². The average molecular weight is 265 g/mol.